The second-order valence-electron chi connectivity index (χ2n) is 11.3. The zero-order chi connectivity index (χ0) is 30.2. The molecule has 1 aromatic heterocycles. The molecular weight excluding hydrogens is 536 g/mol. The molecule has 1 unspecified atom stereocenters. The highest BCUT2D eigenvalue weighted by atomic mass is 28.4. The molecule has 0 radical (unpaired) electrons. The summed E-state index contributed by atoms with van der Waals surface area (Å²) < 4.78 is 18.6. The SMILES string of the molecule is CC(C(=O)[C@@H](C)N(C)C(=O)O)[C@@H](c1ccco1)[C@H](C)COCCO[Si](c1ccccc1)(c1ccccc1)C(C)(C)N. The Kier molecular flexibility index (Phi) is 11.1. The summed E-state index contributed by atoms with van der Waals surface area (Å²) in [7, 11) is -1.47. The summed E-state index contributed by atoms with van der Waals surface area (Å²) in [6.45, 7) is 10.6. The lowest BCUT2D eigenvalue weighted by Crippen LogP contribution is -2.76. The molecule has 0 saturated carbocycles. The number of hydrogen-bond donors (Lipinski definition) is 2. The van der Waals surface area contributed by atoms with Gasteiger partial charge in [-0.05, 0) is 49.2 Å². The van der Waals surface area contributed by atoms with Crippen molar-refractivity contribution >= 4 is 30.6 Å². The quantitative estimate of drug-likeness (QED) is 0.204. The van der Waals surface area contributed by atoms with E-state index in [-0.39, 0.29) is 17.6 Å². The molecule has 0 aliphatic carbocycles. The molecule has 0 bridgehead atoms. The van der Waals surface area contributed by atoms with Gasteiger partial charge in [-0.2, -0.15) is 0 Å². The summed E-state index contributed by atoms with van der Waals surface area (Å²) in [5, 5.41) is 10.9. The minimum atomic E-state index is -2.87. The fraction of sp³-hybridized carbons (Fsp3) is 0.438. The minimum absolute atomic E-state index is 0.0846. The number of rotatable bonds is 15. The van der Waals surface area contributed by atoms with Crippen LogP contribution in [-0.4, -0.2) is 68.3 Å². The second kappa shape index (κ2) is 14.1. The molecule has 1 amide bonds. The number of likely N-dealkylation sites (N-methyl/N-ethyl adjacent to an activating group) is 1. The third-order valence-electron chi connectivity index (χ3n) is 7.96. The van der Waals surface area contributed by atoms with E-state index in [1.807, 2.05) is 70.2 Å². The van der Waals surface area contributed by atoms with Crippen LogP contribution >= 0.6 is 0 Å². The molecule has 222 valence electrons. The van der Waals surface area contributed by atoms with E-state index in [0.717, 1.165) is 15.3 Å². The maximum Gasteiger partial charge on any atom is 0.407 e. The normalized spacial score (nSPS) is 15.1. The predicted octanol–water partition coefficient (Wildman–Crippen LogP) is 4.27. The molecule has 0 saturated heterocycles. The van der Waals surface area contributed by atoms with E-state index in [1.54, 1.807) is 19.3 Å². The van der Waals surface area contributed by atoms with Crippen LogP contribution in [0.3, 0.4) is 0 Å². The molecule has 8 nitrogen and oxygen atoms in total. The molecular formula is C32H44N2O6Si. The fourth-order valence-corrected chi connectivity index (χ4v) is 9.89. The lowest BCUT2D eigenvalue weighted by molar-refractivity contribution is -0.127. The Hall–Kier alpha value is -3.24. The van der Waals surface area contributed by atoms with Crippen molar-refractivity contribution in [3.8, 4) is 0 Å². The number of carboxylic acid groups (broad SMARTS) is 1. The molecule has 1 heterocycles. The standard InChI is InChI=1S/C32H44N2O6Si/c1-23(29(28-18-13-19-39-28)24(2)30(35)25(3)34(6)31(36)37)22-38-20-21-40-41(32(4,5)33,26-14-9-7-10-15-26)27-16-11-8-12-17-27/h7-19,23-25,29H,20-22,33H2,1-6H3,(H,36,37)/t23-,24?,25-,29+/m1/s1. The minimum Gasteiger partial charge on any atom is -0.469 e. The van der Waals surface area contributed by atoms with E-state index in [1.165, 1.54) is 7.05 Å². The van der Waals surface area contributed by atoms with E-state index in [9.17, 15) is 14.7 Å². The average molecular weight is 581 g/mol. The van der Waals surface area contributed by atoms with E-state index >= 15 is 0 Å². The Bertz CT molecular complexity index is 1190. The fourth-order valence-electron chi connectivity index (χ4n) is 5.65. The summed E-state index contributed by atoms with van der Waals surface area (Å²) >= 11 is 0. The van der Waals surface area contributed by atoms with Crippen LogP contribution in [0.2, 0.25) is 0 Å². The molecule has 3 aromatic rings. The van der Waals surface area contributed by atoms with Crippen LogP contribution in [0.25, 0.3) is 0 Å². The van der Waals surface area contributed by atoms with Gasteiger partial charge in [0.25, 0.3) is 8.32 Å². The zero-order valence-electron chi connectivity index (χ0n) is 24.9. The number of nitrogens with zero attached hydrogens (tertiary/aromatic N) is 1. The summed E-state index contributed by atoms with van der Waals surface area (Å²) in [6, 6.07) is 23.2. The number of benzene rings is 2. The van der Waals surface area contributed by atoms with E-state index in [4.69, 9.17) is 19.3 Å². The van der Waals surface area contributed by atoms with Crippen molar-refractivity contribution < 1.29 is 28.3 Å². The van der Waals surface area contributed by atoms with E-state index in [0.29, 0.717) is 25.6 Å². The smallest absolute Gasteiger partial charge is 0.407 e. The van der Waals surface area contributed by atoms with Gasteiger partial charge >= 0.3 is 6.09 Å². The Morgan fingerprint density at radius 1 is 0.951 bits per heavy atom. The van der Waals surface area contributed by atoms with Crippen LogP contribution < -0.4 is 16.1 Å². The van der Waals surface area contributed by atoms with Crippen molar-refractivity contribution in [2.45, 2.75) is 51.7 Å². The number of amides is 1. The van der Waals surface area contributed by atoms with Gasteiger partial charge in [0.1, 0.15) is 5.76 Å². The molecule has 9 heteroatoms. The van der Waals surface area contributed by atoms with Gasteiger partial charge in [0.2, 0.25) is 0 Å². The highest BCUT2D eigenvalue weighted by Crippen LogP contribution is 2.34. The summed E-state index contributed by atoms with van der Waals surface area (Å²) in [6.07, 6.45) is 0.440. The van der Waals surface area contributed by atoms with Crippen molar-refractivity contribution in [1.29, 1.82) is 0 Å². The highest BCUT2D eigenvalue weighted by molar-refractivity contribution is 6.99. The first-order valence-electron chi connectivity index (χ1n) is 14.1. The Balaban J connectivity index is 1.73. The molecule has 3 N–H and O–H groups in total. The molecule has 0 spiro atoms. The van der Waals surface area contributed by atoms with Gasteiger partial charge in [-0.1, -0.05) is 74.5 Å². The molecule has 3 rings (SSSR count). The predicted molar refractivity (Wildman–Crippen MR) is 163 cm³/mol. The monoisotopic (exact) mass is 580 g/mol. The van der Waals surface area contributed by atoms with Gasteiger partial charge in [-0.15, -0.1) is 0 Å². The number of furan rings is 1. The summed E-state index contributed by atoms with van der Waals surface area (Å²) in [4.78, 5) is 25.7. The Labute approximate surface area is 244 Å². The summed E-state index contributed by atoms with van der Waals surface area (Å²) in [5.41, 5.74) is 6.87. The number of hydrogen-bond acceptors (Lipinski definition) is 6. The van der Waals surface area contributed by atoms with Crippen LogP contribution in [-0.2, 0) is 14.0 Å². The van der Waals surface area contributed by atoms with Gasteiger partial charge in [0.15, 0.2) is 5.78 Å². The van der Waals surface area contributed by atoms with Gasteiger partial charge in [0, 0.05) is 30.7 Å². The van der Waals surface area contributed by atoms with Crippen LogP contribution in [0.4, 0.5) is 4.79 Å². The van der Waals surface area contributed by atoms with Gasteiger partial charge in [0.05, 0.1) is 25.5 Å². The first kappa shape index (κ1) is 32.3. The van der Waals surface area contributed by atoms with Crippen molar-refractivity contribution in [1.82, 2.24) is 4.90 Å². The van der Waals surface area contributed by atoms with Crippen LogP contribution in [0.1, 0.15) is 46.3 Å². The number of nitrogens with two attached hydrogens (primary N) is 1. The summed E-state index contributed by atoms with van der Waals surface area (Å²) in [5.74, 6) is -0.347. The van der Waals surface area contributed by atoms with Crippen LogP contribution in [0, 0.1) is 11.8 Å². The van der Waals surface area contributed by atoms with Crippen molar-refractivity contribution in [2.24, 2.45) is 17.6 Å². The van der Waals surface area contributed by atoms with Crippen molar-refractivity contribution in [2.75, 3.05) is 26.9 Å². The first-order valence-corrected chi connectivity index (χ1v) is 16.0. The average Bonchev–Trinajstić information content (AvgIpc) is 3.48. The molecule has 0 aliphatic heterocycles. The van der Waals surface area contributed by atoms with Crippen LogP contribution in [0.15, 0.2) is 83.5 Å². The third kappa shape index (κ3) is 7.34. The van der Waals surface area contributed by atoms with E-state index in [2.05, 4.69) is 24.3 Å². The topological polar surface area (TPSA) is 115 Å². The largest absolute Gasteiger partial charge is 0.469 e. The number of ether oxygens (including phenoxy) is 1. The molecule has 2 aromatic carbocycles. The number of carbonyl (C=O) groups is 2. The lowest BCUT2D eigenvalue weighted by atomic mass is 9.78. The molecule has 0 fully saturated rings. The molecule has 0 aliphatic rings. The Morgan fingerprint density at radius 3 is 1.98 bits per heavy atom. The molecule has 41 heavy (non-hydrogen) atoms. The maximum atomic E-state index is 13.3. The van der Waals surface area contributed by atoms with Gasteiger partial charge in [-0.25, -0.2) is 4.79 Å². The number of Topliss-reactive ketones (excluding diaryl/α,β-unsaturated/α-hetero) is 1. The zero-order valence-corrected chi connectivity index (χ0v) is 25.9. The van der Waals surface area contributed by atoms with Gasteiger partial charge < -0.3 is 29.3 Å². The first-order chi connectivity index (χ1) is 19.4. The van der Waals surface area contributed by atoms with Gasteiger partial charge in [-0.3, -0.25) is 4.79 Å². The van der Waals surface area contributed by atoms with Crippen molar-refractivity contribution in [3.63, 3.8) is 0 Å². The molecule has 4 atom stereocenters. The van der Waals surface area contributed by atoms with Crippen LogP contribution in [0.5, 0.6) is 0 Å². The number of ketones is 1. The third-order valence-corrected chi connectivity index (χ3v) is 12.7. The second-order valence-corrected chi connectivity index (χ2v) is 15.4. The lowest BCUT2D eigenvalue weighted by Gasteiger charge is -2.42. The van der Waals surface area contributed by atoms with Crippen molar-refractivity contribution in [3.05, 3.63) is 84.8 Å². The maximum absolute atomic E-state index is 13.3. The number of carbonyl (C=O) groups excluding carboxylic acids is 1. The highest BCUT2D eigenvalue weighted by Gasteiger charge is 2.50. The van der Waals surface area contributed by atoms with E-state index < -0.39 is 31.5 Å². The Morgan fingerprint density at radius 2 is 1.51 bits per heavy atom.